The van der Waals surface area contributed by atoms with Crippen LogP contribution in [0.5, 0.6) is 0 Å². The lowest BCUT2D eigenvalue weighted by Crippen LogP contribution is -2.27. The Morgan fingerprint density at radius 1 is 1.27 bits per heavy atom. The number of rotatable bonds is 4. The normalized spacial score (nSPS) is 13.1. The van der Waals surface area contributed by atoms with E-state index in [1.165, 1.54) is 11.3 Å². The van der Waals surface area contributed by atoms with E-state index < -0.39 is 17.9 Å². The largest absolute Gasteiger partial charge is 0.480 e. The Kier molecular flexibility index (Phi) is 5.25. The van der Waals surface area contributed by atoms with E-state index >= 15 is 0 Å². The first-order valence-corrected chi connectivity index (χ1v) is 9.29. The van der Waals surface area contributed by atoms with Gasteiger partial charge in [-0.1, -0.05) is 42.0 Å². The Labute approximate surface area is 159 Å². The summed E-state index contributed by atoms with van der Waals surface area (Å²) < 4.78 is 2.52. The maximum absolute atomic E-state index is 12.6. The number of hydrogen-bond donors (Lipinski definition) is 1. The fraction of sp³-hybridized carbons (Fsp3) is 0.211. The number of aromatic nitrogens is 1. The molecule has 0 radical (unpaired) electrons. The molecule has 0 fully saturated rings. The summed E-state index contributed by atoms with van der Waals surface area (Å²) in [6.07, 6.45) is 0.383. The zero-order valence-electron chi connectivity index (χ0n) is 14.3. The van der Waals surface area contributed by atoms with E-state index in [0.717, 1.165) is 15.8 Å². The summed E-state index contributed by atoms with van der Waals surface area (Å²) in [6, 6.07) is 11.5. The van der Waals surface area contributed by atoms with E-state index in [-0.39, 0.29) is 0 Å². The van der Waals surface area contributed by atoms with Gasteiger partial charge in [-0.15, -0.1) is 0 Å². The highest BCUT2D eigenvalue weighted by Gasteiger charge is 2.22. The fourth-order valence-corrected chi connectivity index (χ4v) is 4.13. The third-order valence-corrected chi connectivity index (χ3v) is 5.29. The summed E-state index contributed by atoms with van der Waals surface area (Å²) in [7, 11) is 0. The number of carbonyl (C=O) groups excluding carboxylic acids is 1. The van der Waals surface area contributed by atoms with Gasteiger partial charge in [0, 0.05) is 10.6 Å². The highest BCUT2D eigenvalue weighted by molar-refractivity contribution is 7.16. The third kappa shape index (κ3) is 3.57. The maximum atomic E-state index is 12.6. The number of nitrogens with zero attached hydrogens (tertiary/aromatic N) is 2. The average Bonchev–Trinajstić information content (AvgIpc) is 2.92. The quantitative estimate of drug-likeness (QED) is 0.718. The lowest BCUT2D eigenvalue weighted by atomic mass is 10.2. The molecule has 1 unspecified atom stereocenters. The molecule has 0 aliphatic carbocycles. The van der Waals surface area contributed by atoms with E-state index in [9.17, 15) is 14.7 Å². The van der Waals surface area contributed by atoms with Gasteiger partial charge in [-0.05, 0) is 49.2 Å². The molecule has 1 atom stereocenters. The Hall–Kier alpha value is -2.44. The van der Waals surface area contributed by atoms with Gasteiger partial charge in [-0.25, -0.2) is 4.79 Å². The molecule has 1 amide bonds. The van der Waals surface area contributed by atoms with Gasteiger partial charge in [0.15, 0.2) is 4.80 Å². The van der Waals surface area contributed by atoms with Gasteiger partial charge >= 0.3 is 5.97 Å². The number of aliphatic carboxylic acids is 1. The molecule has 3 rings (SSSR count). The van der Waals surface area contributed by atoms with Crippen molar-refractivity contribution in [3.63, 3.8) is 0 Å². The number of fused-ring (bicyclic) bond motifs is 1. The predicted molar refractivity (Wildman–Crippen MR) is 103 cm³/mol. The number of amides is 1. The molecule has 134 valence electrons. The van der Waals surface area contributed by atoms with Gasteiger partial charge in [0.25, 0.3) is 5.91 Å². The molecule has 0 aliphatic rings. The SMILES string of the molecule is CCC(C(=O)O)n1/c(=N/C(=O)c2cccc(Cl)c2)sc2cc(C)ccc21. The van der Waals surface area contributed by atoms with Gasteiger partial charge in [0.1, 0.15) is 6.04 Å². The minimum Gasteiger partial charge on any atom is -0.480 e. The van der Waals surface area contributed by atoms with Crippen molar-refractivity contribution in [1.29, 1.82) is 0 Å². The van der Waals surface area contributed by atoms with Crippen molar-refractivity contribution in [2.24, 2.45) is 4.99 Å². The zero-order chi connectivity index (χ0) is 18.8. The second kappa shape index (κ2) is 7.43. The van der Waals surface area contributed by atoms with Crippen molar-refractivity contribution in [1.82, 2.24) is 4.57 Å². The molecule has 7 heteroatoms. The van der Waals surface area contributed by atoms with Gasteiger partial charge in [-0.3, -0.25) is 4.79 Å². The molecule has 0 saturated heterocycles. The monoisotopic (exact) mass is 388 g/mol. The van der Waals surface area contributed by atoms with Crippen LogP contribution < -0.4 is 4.80 Å². The van der Waals surface area contributed by atoms with Crippen molar-refractivity contribution >= 4 is 45.0 Å². The van der Waals surface area contributed by atoms with Crippen LogP contribution in [0.4, 0.5) is 0 Å². The minimum absolute atomic E-state index is 0.362. The molecular weight excluding hydrogens is 372 g/mol. The number of thiazole rings is 1. The topological polar surface area (TPSA) is 71.7 Å². The van der Waals surface area contributed by atoms with Crippen molar-refractivity contribution < 1.29 is 14.7 Å². The van der Waals surface area contributed by atoms with Crippen LogP contribution in [0.2, 0.25) is 5.02 Å². The van der Waals surface area contributed by atoms with Crippen LogP contribution in [0.3, 0.4) is 0 Å². The second-order valence-corrected chi connectivity index (χ2v) is 7.36. The second-order valence-electron chi connectivity index (χ2n) is 5.92. The molecule has 5 nitrogen and oxygen atoms in total. The van der Waals surface area contributed by atoms with E-state index in [0.29, 0.717) is 21.8 Å². The van der Waals surface area contributed by atoms with Crippen LogP contribution in [-0.4, -0.2) is 21.6 Å². The van der Waals surface area contributed by atoms with Crippen molar-refractivity contribution in [2.75, 3.05) is 0 Å². The molecule has 3 aromatic rings. The van der Waals surface area contributed by atoms with E-state index in [1.807, 2.05) is 25.1 Å². The standard InChI is InChI=1S/C19H17ClN2O3S/c1-3-14(18(24)25)22-15-8-7-11(2)9-16(15)26-19(22)21-17(23)12-5-4-6-13(20)10-12/h4-10,14H,3H2,1-2H3,(H,24,25)/b21-19-. The van der Waals surface area contributed by atoms with Crippen molar-refractivity contribution in [3.8, 4) is 0 Å². The Balaban J connectivity index is 2.24. The summed E-state index contributed by atoms with van der Waals surface area (Å²) >= 11 is 7.25. The van der Waals surface area contributed by atoms with Crippen LogP contribution in [0.15, 0.2) is 47.5 Å². The number of benzene rings is 2. The highest BCUT2D eigenvalue weighted by atomic mass is 35.5. The number of hydrogen-bond acceptors (Lipinski definition) is 3. The molecule has 1 heterocycles. The van der Waals surface area contributed by atoms with E-state index in [2.05, 4.69) is 4.99 Å². The number of carboxylic acid groups (broad SMARTS) is 1. The lowest BCUT2D eigenvalue weighted by Gasteiger charge is -2.13. The first-order chi connectivity index (χ1) is 12.4. The van der Waals surface area contributed by atoms with Gasteiger partial charge in [0.2, 0.25) is 0 Å². The smallest absolute Gasteiger partial charge is 0.326 e. The Morgan fingerprint density at radius 3 is 2.69 bits per heavy atom. The van der Waals surface area contributed by atoms with Crippen LogP contribution in [0.1, 0.15) is 35.3 Å². The summed E-state index contributed by atoms with van der Waals surface area (Å²) in [5.41, 5.74) is 2.18. The number of carboxylic acids is 1. The van der Waals surface area contributed by atoms with E-state index in [1.54, 1.807) is 35.8 Å². The van der Waals surface area contributed by atoms with Gasteiger partial charge < -0.3 is 9.67 Å². The minimum atomic E-state index is -0.954. The van der Waals surface area contributed by atoms with Crippen molar-refractivity contribution in [2.45, 2.75) is 26.3 Å². The van der Waals surface area contributed by atoms with E-state index in [4.69, 9.17) is 11.6 Å². The molecule has 0 aliphatic heterocycles. The van der Waals surface area contributed by atoms with Crippen LogP contribution in [0, 0.1) is 6.92 Å². The number of carbonyl (C=O) groups is 2. The van der Waals surface area contributed by atoms with Crippen molar-refractivity contribution in [3.05, 3.63) is 63.4 Å². The summed E-state index contributed by atoms with van der Waals surface area (Å²) in [4.78, 5) is 28.9. The summed E-state index contributed by atoms with van der Waals surface area (Å²) in [5.74, 6) is -1.41. The summed E-state index contributed by atoms with van der Waals surface area (Å²) in [6.45, 7) is 3.76. The lowest BCUT2D eigenvalue weighted by molar-refractivity contribution is -0.140. The fourth-order valence-electron chi connectivity index (χ4n) is 2.77. The average molecular weight is 389 g/mol. The predicted octanol–water partition coefficient (Wildman–Crippen LogP) is 4.44. The zero-order valence-corrected chi connectivity index (χ0v) is 15.8. The Morgan fingerprint density at radius 2 is 2.04 bits per heavy atom. The summed E-state index contributed by atoms with van der Waals surface area (Å²) in [5, 5.41) is 10.1. The van der Waals surface area contributed by atoms with Crippen LogP contribution >= 0.6 is 22.9 Å². The Bertz CT molecular complexity index is 1070. The molecular formula is C19H17ClN2O3S. The molecule has 2 aromatic carbocycles. The van der Waals surface area contributed by atoms with Crippen LogP contribution in [-0.2, 0) is 4.79 Å². The molecule has 0 spiro atoms. The number of aryl methyl sites for hydroxylation is 1. The van der Waals surface area contributed by atoms with Gasteiger partial charge in [-0.2, -0.15) is 4.99 Å². The maximum Gasteiger partial charge on any atom is 0.326 e. The molecule has 1 N–H and O–H groups in total. The van der Waals surface area contributed by atoms with Gasteiger partial charge in [0.05, 0.1) is 10.2 Å². The number of halogens is 1. The third-order valence-electron chi connectivity index (χ3n) is 4.03. The highest BCUT2D eigenvalue weighted by Crippen LogP contribution is 2.24. The molecule has 1 aromatic heterocycles. The van der Waals surface area contributed by atoms with Crippen LogP contribution in [0.25, 0.3) is 10.2 Å². The molecule has 0 bridgehead atoms. The first kappa shape index (κ1) is 18.4. The first-order valence-electron chi connectivity index (χ1n) is 8.10. The molecule has 0 saturated carbocycles. The molecule has 26 heavy (non-hydrogen) atoms.